The third kappa shape index (κ3) is 3.91. The van der Waals surface area contributed by atoms with Crippen LogP contribution in [-0.2, 0) is 16.6 Å². The summed E-state index contributed by atoms with van der Waals surface area (Å²) in [7, 11) is 1.83. The van der Waals surface area contributed by atoms with E-state index >= 15 is 0 Å². The van der Waals surface area contributed by atoms with Crippen molar-refractivity contribution in [1.29, 1.82) is 0 Å². The van der Waals surface area contributed by atoms with Gasteiger partial charge in [0.1, 0.15) is 5.69 Å². The highest BCUT2D eigenvalue weighted by molar-refractivity contribution is 5.94. The Hall–Kier alpha value is -3.54. The standard InChI is InChI=1S/C22H23N3O3/c1-4-28-20(26)15-19(17-11-7-5-8-12-17)23-21-16(2)24(3)25(22(21)27)18-13-9-6-10-14-18/h5-15,23H,4H2,1-3H3/b19-15-. The summed E-state index contributed by atoms with van der Waals surface area (Å²) in [4.78, 5) is 25.2. The van der Waals surface area contributed by atoms with Crippen LogP contribution in [0, 0.1) is 6.92 Å². The van der Waals surface area contributed by atoms with Crippen molar-refractivity contribution in [2.75, 3.05) is 11.9 Å². The third-order valence-electron chi connectivity index (χ3n) is 4.45. The van der Waals surface area contributed by atoms with Gasteiger partial charge in [-0.15, -0.1) is 0 Å². The van der Waals surface area contributed by atoms with Crippen LogP contribution in [0.1, 0.15) is 18.2 Å². The smallest absolute Gasteiger partial charge is 0.332 e. The molecule has 0 amide bonds. The molecule has 6 heteroatoms. The molecule has 0 spiro atoms. The molecule has 28 heavy (non-hydrogen) atoms. The predicted octanol–water partition coefficient (Wildman–Crippen LogP) is 3.50. The second-order valence-corrected chi connectivity index (χ2v) is 6.24. The number of hydrogen-bond acceptors (Lipinski definition) is 4. The molecule has 1 aromatic heterocycles. The Labute approximate surface area is 163 Å². The second-order valence-electron chi connectivity index (χ2n) is 6.24. The Kier molecular flexibility index (Phi) is 5.79. The first-order chi connectivity index (χ1) is 13.5. The summed E-state index contributed by atoms with van der Waals surface area (Å²) >= 11 is 0. The molecule has 0 aliphatic rings. The fourth-order valence-corrected chi connectivity index (χ4v) is 2.96. The highest BCUT2D eigenvalue weighted by atomic mass is 16.5. The van der Waals surface area contributed by atoms with Gasteiger partial charge in [-0.05, 0) is 31.5 Å². The van der Waals surface area contributed by atoms with Crippen LogP contribution in [0.15, 0.2) is 71.5 Å². The van der Waals surface area contributed by atoms with E-state index in [1.165, 1.54) is 6.08 Å². The van der Waals surface area contributed by atoms with E-state index in [1.54, 1.807) is 16.3 Å². The lowest BCUT2D eigenvalue weighted by Gasteiger charge is -2.10. The number of carbonyl (C=O) groups excluding carboxylic acids is 1. The van der Waals surface area contributed by atoms with Crippen LogP contribution in [0.25, 0.3) is 11.4 Å². The Morgan fingerprint density at radius 3 is 2.29 bits per heavy atom. The van der Waals surface area contributed by atoms with Gasteiger partial charge in [-0.25, -0.2) is 9.48 Å². The highest BCUT2D eigenvalue weighted by Crippen LogP contribution is 2.21. The fourth-order valence-electron chi connectivity index (χ4n) is 2.96. The Morgan fingerprint density at radius 2 is 1.68 bits per heavy atom. The fraction of sp³-hybridized carbons (Fsp3) is 0.182. The predicted molar refractivity (Wildman–Crippen MR) is 110 cm³/mol. The van der Waals surface area contributed by atoms with E-state index in [0.29, 0.717) is 11.4 Å². The maximum absolute atomic E-state index is 13.1. The minimum absolute atomic E-state index is 0.197. The molecule has 1 heterocycles. The van der Waals surface area contributed by atoms with Crippen LogP contribution in [0.2, 0.25) is 0 Å². The van der Waals surface area contributed by atoms with E-state index < -0.39 is 5.97 Å². The maximum Gasteiger partial charge on any atom is 0.332 e. The second kappa shape index (κ2) is 8.43. The first kappa shape index (κ1) is 19.2. The first-order valence-electron chi connectivity index (χ1n) is 9.07. The summed E-state index contributed by atoms with van der Waals surface area (Å²) in [6.45, 7) is 3.89. The largest absolute Gasteiger partial charge is 0.463 e. The van der Waals surface area contributed by atoms with Gasteiger partial charge < -0.3 is 10.1 Å². The van der Waals surface area contributed by atoms with Crippen LogP contribution >= 0.6 is 0 Å². The Balaban J connectivity index is 2.07. The molecule has 6 nitrogen and oxygen atoms in total. The lowest BCUT2D eigenvalue weighted by Crippen LogP contribution is -2.21. The van der Waals surface area contributed by atoms with Crippen molar-refractivity contribution in [2.45, 2.75) is 13.8 Å². The lowest BCUT2D eigenvalue weighted by atomic mass is 10.1. The number of ether oxygens (including phenoxy) is 1. The molecule has 0 aliphatic carbocycles. The van der Waals surface area contributed by atoms with Gasteiger partial charge in [0.05, 0.1) is 23.7 Å². The molecular formula is C22H23N3O3. The molecule has 0 fully saturated rings. The van der Waals surface area contributed by atoms with Gasteiger partial charge in [0.15, 0.2) is 0 Å². The first-order valence-corrected chi connectivity index (χ1v) is 9.07. The molecule has 3 aromatic rings. The molecule has 1 N–H and O–H groups in total. The minimum Gasteiger partial charge on any atom is -0.463 e. The van der Waals surface area contributed by atoms with Gasteiger partial charge >= 0.3 is 5.97 Å². The molecular weight excluding hydrogens is 354 g/mol. The van der Waals surface area contributed by atoms with Gasteiger partial charge in [0, 0.05) is 13.1 Å². The molecule has 0 atom stereocenters. The molecule has 0 aliphatic heterocycles. The summed E-state index contributed by atoms with van der Waals surface area (Å²) < 4.78 is 8.42. The van der Waals surface area contributed by atoms with Crippen molar-refractivity contribution in [3.05, 3.63) is 88.4 Å². The minimum atomic E-state index is -0.467. The number of nitrogens with zero attached hydrogens (tertiary/aromatic N) is 2. The van der Waals surface area contributed by atoms with Gasteiger partial charge in [-0.3, -0.25) is 9.48 Å². The van der Waals surface area contributed by atoms with Gasteiger partial charge in [0.25, 0.3) is 5.56 Å². The van der Waals surface area contributed by atoms with E-state index in [4.69, 9.17) is 4.74 Å². The summed E-state index contributed by atoms with van der Waals surface area (Å²) in [5.41, 5.74) is 3.01. The number of nitrogens with one attached hydrogen (secondary N) is 1. The maximum atomic E-state index is 13.1. The number of para-hydroxylation sites is 1. The monoisotopic (exact) mass is 377 g/mol. The number of aromatic nitrogens is 2. The van der Waals surface area contributed by atoms with Crippen LogP contribution in [-0.4, -0.2) is 21.9 Å². The zero-order chi connectivity index (χ0) is 20.1. The van der Waals surface area contributed by atoms with Crippen LogP contribution < -0.4 is 10.9 Å². The summed E-state index contributed by atoms with van der Waals surface area (Å²) in [6, 6.07) is 18.8. The highest BCUT2D eigenvalue weighted by Gasteiger charge is 2.18. The van der Waals surface area contributed by atoms with Crippen molar-refractivity contribution in [2.24, 2.45) is 7.05 Å². The number of hydrogen-bond donors (Lipinski definition) is 1. The molecule has 3 rings (SSSR count). The zero-order valence-corrected chi connectivity index (χ0v) is 16.2. The van der Waals surface area contributed by atoms with Crippen molar-refractivity contribution in [1.82, 2.24) is 9.36 Å². The van der Waals surface area contributed by atoms with E-state index in [9.17, 15) is 9.59 Å². The van der Waals surface area contributed by atoms with Gasteiger partial charge in [0.2, 0.25) is 0 Å². The lowest BCUT2D eigenvalue weighted by molar-refractivity contribution is -0.137. The van der Waals surface area contributed by atoms with Crippen molar-refractivity contribution in [3.63, 3.8) is 0 Å². The van der Waals surface area contributed by atoms with Crippen LogP contribution in [0.5, 0.6) is 0 Å². The third-order valence-corrected chi connectivity index (χ3v) is 4.45. The van der Waals surface area contributed by atoms with E-state index in [1.807, 2.05) is 74.6 Å². The van der Waals surface area contributed by atoms with Crippen molar-refractivity contribution < 1.29 is 9.53 Å². The molecule has 144 valence electrons. The average Bonchev–Trinajstić information content (AvgIpc) is 2.92. The van der Waals surface area contributed by atoms with Crippen LogP contribution in [0.4, 0.5) is 5.69 Å². The average molecular weight is 377 g/mol. The molecule has 0 radical (unpaired) electrons. The topological polar surface area (TPSA) is 65.3 Å². The molecule has 0 saturated carbocycles. The van der Waals surface area contributed by atoms with E-state index in [0.717, 1.165) is 16.9 Å². The SMILES string of the molecule is CCOC(=O)/C=C(\Nc1c(C)n(C)n(-c2ccccc2)c1=O)c1ccccc1. The van der Waals surface area contributed by atoms with Crippen molar-refractivity contribution in [3.8, 4) is 5.69 Å². The Morgan fingerprint density at radius 1 is 1.07 bits per heavy atom. The molecule has 0 unspecified atom stereocenters. The van der Waals surface area contributed by atoms with Crippen molar-refractivity contribution >= 4 is 17.4 Å². The van der Waals surface area contributed by atoms with Gasteiger partial charge in [-0.2, -0.15) is 0 Å². The summed E-state index contributed by atoms with van der Waals surface area (Å²) in [6.07, 6.45) is 1.37. The number of esters is 1. The normalized spacial score (nSPS) is 11.3. The quantitative estimate of drug-likeness (QED) is 0.527. The summed E-state index contributed by atoms with van der Waals surface area (Å²) in [5.74, 6) is -0.467. The molecule has 0 bridgehead atoms. The van der Waals surface area contributed by atoms with E-state index in [2.05, 4.69) is 5.32 Å². The number of carbonyl (C=O) groups is 1. The van der Waals surface area contributed by atoms with Crippen LogP contribution in [0.3, 0.4) is 0 Å². The zero-order valence-electron chi connectivity index (χ0n) is 16.2. The molecule has 0 saturated heterocycles. The van der Waals surface area contributed by atoms with E-state index in [-0.39, 0.29) is 12.2 Å². The van der Waals surface area contributed by atoms with Gasteiger partial charge in [-0.1, -0.05) is 48.5 Å². The molecule has 2 aromatic carbocycles. The summed E-state index contributed by atoms with van der Waals surface area (Å²) in [5, 5.41) is 3.16. The number of anilines is 1. The number of benzene rings is 2. The number of rotatable bonds is 6. The Bertz CT molecular complexity index is 1050.